The maximum Gasteiger partial charge on any atom is 0.0221 e. The molecule has 0 saturated heterocycles. The van der Waals surface area contributed by atoms with Gasteiger partial charge >= 0.3 is 0 Å². The number of hydrogen-bond donors (Lipinski definition) is 2. The van der Waals surface area contributed by atoms with Crippen molar-refractivity contribution in [2.75, 3.05) is 13.1 Å². The van der Waals surface area contributed by atoms with E-state index < -0.39 is 0 Å². The van der Waals surface area contributed by atoms with Gasteiger partial charge < -0.3 is 11.1 Å². The van der Waals surface area contributed by atoms with Crippen molar-refractivity contribution in [3.05, 3.63) is 12.7 Å². The molecule has 1 saturated carbocycles. The molecule has 2 heteroatoms. The van der Waals surface area contributed by atoms with Gasteiger partial charge in [-0.25, -0.2) is 0 Å². The third-order valence-electron chi connectivity index (χ3n) is 3.00. The third-order valence-corrected chi connectivity index (χ3v) is 3.00. The van der Waals surface area contributed by atoms with E-state index in [9.17, 15) is 0 Å². The lowest BCUT2D eigenvalue weighted by molar-refractivity contribution is 0.277. The smallest absolute Gasteiger partial charge is 0.0221 e. The molecule has 1 aliphatic carbocycles. The Labute approximate surface area is 81.6 Å². The lowest BCUT2D eigenvalue weighted by atomic mass is 9.84. The second kappa shape index (κ2) is 6.17. The van der Waals surface area contributed by atoms with Crippen LogP contribution >= 0.6 is 0 Å². The molecule has 1 fully saturated rings. The van der Waals surface area contributed by atoms with Crippen LogP contribution in [-0.2, 0) is 0 Å². The molecule has 0 aromatic rings. The lowest BCUT2D eigenvalue weighted by Gasteiger charge is -2.29. The van der Waals surface area contributed by atoms with E-state index in [0.717, 1.165) is 19.0 Å². The molecule has 0 aromatic carbocycles. The van der Waals surface area contributed by atoms with Gasteiger partial charge in [-0.15, -0.1) is 6.58 Å². The summed E-state index contributed by atoms with van der Waals surface area (Å²) in [5.74, 6) is 0.804. The van der Waals surface area contributed by atoms with Gasteiger partial charge in [0, 0.05) is 19.1 Å². The van der Waals surface area contributed by atoms with Gasteiger partial charge in [-0.2, -0.15) is 0 Å². The molecule has 1 aliphatic rings. The van der Waals surface area contributed by atoms with Crippen molar-refractivity contribution < 1.29 is 0 Å². The first-order chi connectivity index (χ1) is 6.38. The fourth-order valence-electron chi connectivity index (χ4n) is 2.21. The van der Waals surface area contributed by atoms with Crippen LogP contribution in [0.5, 0.6) is 0 Å². The zero-order chi connectivity index (χ0) is 9.52. The number of nitrogens with one attached hydrogen (secondary N) is 1. The van der Waals surface area contributed by atoms with Crippen molar-refractivity contribution in [3.8, 4) is 0 Å². The fraction of sp³-hybridized carbons (Fsp3) is 0.818. The Hall–Kier alpha value is -0.340. The zero-order valence-electron chi connectivity index (χ0n) is 8.47. The summed E-state index contributed by atoms with van der Waals surface area (Å²) in [6.45, 7) is 5.36. The summed E-state index contributed by atoms with van der Waals surface area (Å²) >= 11 is 0. The quantitative estimate of drug-likeness (QED) is 0.635. The largest absolute Gasteiger partial charge is 0.329 e. The van der Waals surface area contributed by atoms with Crippen molar-refractivity contribution in [1.29, 1.82) is 0 Å². The predicted octanol–water partition coefficient (Wildman–Crippen LogP) is 1.67. The minimum atomic E-state index is 0.512. The van der Waals surface area contributed by atoms with E-state index in [4.69, 9.17) is 5.73 Å². The summed E-state index contributed by atoms with van der Waals surface area (Å²) < 4.78 is 0. The van der Waals surface area contributed by atoms with Crippen molar-refractivity contribution in [3.63, 3.8) is 0 Å². The van der Waals surface area contributed by atoms with Gasteiger partial charge in [0.2, 0.25) is 0 Å². The molecule has 0 aromatic heterocycles. The molecule has 0 amide bonds. The normalized spacial score (nSPS) is 21.3. The molecule has 1 unspecified atom stereocenters. The van der Waals surface area contributed by atoms with Crippen molar-refractivity contribution >= 4 is 0 Å². The number of nitrogens with two attached hydrogens (primary N) is 1. The van der Waals surface area contributed by atoms with Gasteiger partial charge in [0.1, 0.15) is 0 Å². The standard InChI is InChI=1S/C11H22N2/c1-2-8-13-11(9-12)10-6-4-3-5-7-10/h2,10-11,13H,1,3-9,12H2. The Kier molecular flexibility index (Phi) is 5.09. The molecule has 1 atom stereocenters. The maximum atomic E-state index is 5.75. The summed E-state index contributed by atoms with van der Waals surface area (Å²) in [5, 5.41) is 3.45. The molecule has 2 nitrogen and oxygen atoms in total. The van der Waals surface area contributed by atoms with Gasteiger partial charge in [-0.3, -0.25) is 0 Å². The van der Waals surface area contributed by atoms with E-state index in [1.54, 1.807) is 0 Å². The molecule has 0 spiro atoms. The van der Waals surface area contributed by atoms with E-state index in [-0.39, 0.29) is 0 Å². The molecule has 0 aliphatic heterocycles. The molecule has 3 N–H and O–H groups in total. The van der Waals surface area contributed by atoms with E-state index in [2.05, 4.69) is 11.9 Å². The Balaban J connectivity index is 2.29. The lowest BCUT2D eigenvalue weighted by Crippen LogP contribution is -2.42. The van der Waals surface area contributed by atoms with E-state index in [1.807, 2.05) is 6.08 Å². The fourth-order valence-corrected chi connectivity index (χ4v) is 2.21. The third kappa shape index (κ3) is 3.49. The second-order valence-corrected chi connectivity index (χ2v) is 3.94. The monoisotopic (exact) mass is 182 g/mol. The average molecular weight is 182 g/mol. The summed E-state index contributed by atoms with van der Waals surface area (Å²) in [6, 6.07) is 0.512. The van der Waals surface area contributed by atoms with E-state index in [1.165, 1.54) is 32.1 Å². The van der Waals surface area contributed by atoms with Crippen LogP contribution in [0, 0.1) is 5.92 Å². The first-order valence-corrected chi connectivity index (χ1v) is 5.43. The Morgan fingerprint density at radius 1 is 1.38 bits per heavy atom. The topological polar surface area (TPSA) is 38.0 Å². The molecule has 0 radical (unpaired) electrons. The molecular weight excluding hydrogens is 160 g/mol. The summed E-state index contributed by atoms with van der Waals surface area (Å²) in [7, 11) is 0. The average Bonchev–Trinajstić information content (AvgIpc) is 2.21. The summed E-state index contributed by atoms with van der Waals surface area (Å²) in [4.78, 5) is 0. The predicted molar refractivity (Wildman–Crippen MR) is 57.6 cm³/mol. The number of hydrogen-bond acceptors (Lipinski definition) is 2. The molecule has 13 heavy (non-hydrogen) atoms. The maximum absolute atomic E-state index is 5.75. The molecular formula is C11H22N2. The first kappa shape index (κ1) is 10.7. The zero-order valence-corrected chi connectivity index (χ0v) is 8.47. The van der Waals surface area contributed by atoms with Gasteiger partial charge in [0.15, 0.2) is 0 Å². The van der Waals surface area contributed by atoms with Gasteiger partial charge in [-0.1, -0.05) is 25.3 Å². The van der Waals surface area contributed by atoms with Crippen LogP contribution < -0.4 is 11.1 Å². The SMILES string of the molecule is C=CCNC(CN)C1CCCCC1. The van der Waals surface area contributed by atoms with Crippen LogP contribution in [0.1, 0.15) is 32.1 Å². The molecule has 0 heterocycles. The number of rotatable bonds is 5. The van der Waals surface area contributed by atoms with Crippen LogP contribution in [0.25, 0.3) is 0 Å². The van der Waals surface area contributed by atoms with Crippen LogP contribution in [0.4, 0.5) is 0 Å². The summed E-state index contributed by atoms with van der Waals surface area (Å²) in [6.07, 6.45) is 8.80. The highest BCUT2D eigenvalue weighted by atomic mass is 14.9. The second-order valence-electron chi connectivity index (χ2n) is 3.94. The van der Waals surface area contributed by atoms with Crippen LogP contribution in [-0.4, -0.2) is 19.1 Å². The van der Waals surface area contributed by atoms with Gasteiger partial charge in [0.25, 0.3) is 0 Å². The minimum Gasteiger partial charge on any atom is -0.329 e. The Morgan fingerprint density at radius 2 is 2.08 bits per heavy atom. The first-order valence-electron chi connectivity index (χ1n) is 5.43. The molecule has 0 bridgehead atoms. The highest BCUT2D eigenvalue weighted by molar-refractivity contribution is 4.82. The Morgan fingerprint density at radius 3 is 2.62 bits per heavy atom. The highest BCUT2D eigenvalue weighted by Gasteiger charge is 2.21. The van der Waals surface area contributed by atoms with Crippen LogP contribution in [0.3, 0.4) is 0 Å². The van der Waals surface area contributed by atoms with Gasteiger partial charge in [0.05, 0.1) is 0 Å². The van der Waals surface area contributed by atoms with Gasteiger partial charge in [-0.05, 0) is 18.8 Å². The van der Waals surface area contributed by atoms with E-state index >= 15 is 0 Å². The van der Waals surface area contributed by atoms with Crippen LogP contribution in [0.15, 0.2) is 12.7 Å². The van der Waals surface area contributed by atoms with E-state index in [0.29, 0.717) is 6.04 Å². The molecule has 76 valence electrons. The summed E-state index contributed by atoms with van der Waals surface area (Å²) in [5.41, 5.74) is 5.75. The van der Waals surface area contributed by atoms with Crippen LogP contribution in [0.2, 0.25) is 0 Å². The molecule has 1 rings (SSSR count). The van der Waals surface area contributed by atoms with Crippen molar-refractivity contribution in [2.45, 2.75) is 38.1 Å². The highest BCUT2D eigenvalue weighted by Crippen LogP contribution is 2.25. The minimum absolute atomic E-state index is 0.512. The Bertz CT molecular complexity index is 139. The van der Waals surface area contributed by atoms with Crippen molar-refractivity contribution in [1.82, 2.24) is 5.32 Å². The van der Waals surface area contributed by atoms with Crippen molar-refractivity contribution in [2.24, 2.45) is 11.7 Å².